The van der Waals surface area contributed by atoms with Crippen molar-refractivity contribution in [3.63, 3.8) is 0 Å². The van der Waals surface area contributed by atoms with Crippen molar-refractivity contribution in [2.75, 3.05) is 5.73 Å². The highest BCUT2D eigenvalue weighted by molar-refractivity contribution is 7.89. The largest absolute Gasteiger partial charge is 0.398 e. The molecule has 0 saturated carbocycles. The molecular weight excluding hydrogens is 242 g/mol. The Morgan fingerprint density at radius 1 is 1.41 bits per heavy atom. The molecule has 0 aliphatic heterocycles. The van der Waals surface area contributed by atoms with E-state index in [1.807, 2.05) is 0 Å². The predicted octanol–water partition coefficient (Wildman–Crippen LogP) is -0.271. The Morgan fingerprint density at radius 2 is 2.00 bits per heavy atom. The fraction of sp³-hybridized carbons (Fsp3) is 0.300. The number of carbonyl (C=O) groups excluding carboxylic acids is 1. The Kier molecular flexibility index (Phi) is 3.74. The van der Waals surface area contributed by atoms with E-state index in [0.29, 0.717) is 5.56 Å². The molecule has 0 fully saturated rings. The lowest BCUT2D eigenvalue weighted by Gasteiger charge is -2.14. The monoisotopic (exact) mass is 257 g/mol. The summed E-state index contributed by atoms with van der Waals surface area (Å²) in [6.07, 6.45) is 0. The van der Waals surface area contributed by atoms with E-state index >= 15 is 0 Å². The number of primary amides is 1. The average Bonchev–Trinajstić information content (AvgIpc) is 2.15. The van der Waals surface area contributed by atoms with Gasteiger partial charge in [0.25, 0.3) is 0 Å². The van der Waals surface area contributed by atoms with Gasteiger partial charge in [-0.25, -0.2) is 8.42 Å². The summed E-state index contributed by atoms with van der Waals surface area (Å²) >= 11 is 0. The summed E-state index contributed by atoms with van der Waals surface area (Å²) < 4.78 is 26.2. The maximum absolute atomic E-state index is 12.0. The second kappa shape index (κ2) is 4.72. The number of hydrogen-bond donors (Lipinski definition) is 3. The Hall–Kier alpha value is -1.60. The summed E-state index contributed by atoms with van der Waals surface area (Å²) in [5.41, 5.74) is 11.3. The molecule has 94 valence electrons. The number of sulfonamides is 1. The van der Waals surface area contributed by atoms with Crippen molar-refractivity contribution in [3.8, 4) is 0 Å². The van der Waals surface area contributed by atoms with E-state index in [-0.39, 0.29) is 10.6 Å². The number of nitrogens with one attached hydrogen (secondary N) is 1. The van der Waals surface area contributed by atoms with E-state index in [4.69, 9.17) is 11.5 Å². The number of nitrogen functional groups attached to an aromatic ring is 1. The molecule has 1 aromatic rings. The molecule has 0 aromatic heterocycles. The average molecular weight is 257 g/mol. The number of nitrogens with two attached hydrogens (primary N) is 2. The van der Waals surface area contributed by atoms with Crippen molar-refractivity contribution in [3.05, 3.63) is 23.8 Å². The number of amides is 1. The van der Waals surface area contributed by atoms with E-state index in [1.54, 1.807) is 19.1 Å². The predicted molar refractivity (Wildman–Crippen MR) is 64.6 cm³/mol. The molecule has 7 heteroatoms. The molecule has 0 saturated heterocycles. The van der Waals surface area contributed by atoms with Gasteiger partial charge in [-0.15, -0.1) is 0 Å². The summed E-state index contributed by atoms with van der Waals surface area (Å²) in [6, 6.07) is 3.77. The van der Waals surface area contributed by atoms with Gasteiger partial charge in [0, 0.05) is 0 Å². The maximum atomic E-state index is 12.0. The highest BCUT2D eigenvalue weighted by atomic mass is 32.2. The topological polar surface area (TPSA) is 115 Å². The van der Waals surface area contributed by atoms with Crippen molar-refractivity contribution >= 4 is 21.6 Å². The summed E-state index contributed by atoms with van der Waals surface area (Å²) in [6.45, 7) is 2.99. The fourth-order valence-corrected chi connectivity index (χ4v) is 2.96. The van der Waals surface area contributed by atoms with Gasteiger partial charge in [0.05, 0.1) is 11.7 Å². The Bertz CT molecular complexity index is 519. The smallest absolute Gasteiger partial charge is 0.243 e. The van der Waals surface area contributed by atoms with Crippen LogP contribution < -0.4 is 16.2 Å². The van der Waals surface area contributed by atoms with Gasteiger partial charge in [-0.1, -0.05) is 12.1 Å². The van der Waals surface area contributed by atoms with Crippen molar-refractivity contribution in [2.24, 2.45) is 5.73 Å². The highest BCUT2D eigenvalue weighted by Gasteiger charge is 2.23. The molecule has 0 spiro atoms. The van der Waals surface area contributed by atoms with Gasteiger partial charge >= 0.3 is 0 Å². The van der Waals surface area contributed by atoms with Crippen molar-refractivity contribution in [2.45, 2.75) is 24.8 Å². The summed E-state index contributed by atoms with van der Waals surface area (Å²) in [7, 11) is -3.84. The Labute approximate surface area is 100 Å². The van der Waals surface area contributed by atoms with Crippen molar-refractivity contribution < 1.29 is 13.2 Å². The SMILES string of the molecule is Cc1cccc(N)c1S(=O)(=O)NC(C)C(N)=O. The summed E-state index contributed by atoms with van der Waals surface area (Å²) in [5.74, 6) is -0.749. The first-order valence-electron chi connectivity index (χ1n) is 4.92. The fourth-order valence-electron chi connectivity index (χ4n) is 1.39. The third kappa shape index (κ3) is 2.95. The van der Waals surface area contributed by atoms with Crippen LogP contribution in [0.2, 0.25) is 0 Å². The van der Waals surface area contributed by atoms with Crippen molar-refractivity contribution in [1.29, 1.82) is 0 Å². The van der Waals surface area contributed by atoms with Crippen LogP contribution >= 0.6 is 0 Å². The number of aryl methyl sites for hydroxylation is 1. The minimum atomic E-state index is -3.84. The lowest BCUT2D eigenvalue weighted by atomic mass is 10.2. The van der Waals surface area contributed by atoms with Gasteiger partial charge in [-0.2, -0.15) is 4.72 Å². The second-order valence-corrected chi connectivity index (χ2v) is 5.39. The van der Waals surface area contributed by atoms with Gasteiger partial charge in [-0.3, -0.25) is 4.79 Å². The summed E-state index contributed by atoms with van der Waals surface area (Å²) in [4.78, 5) is 10.8. The zero-order chi connectivity index (χ0) is 13.2. The third-order valence-electron chi connectivity index (χ3n) is 2.27. The van der Waals surface area contributed by atoms with E-state index < -0.39 is 22.0 Å². The molecule has 6 nitrogen and oxygen atoms in total. The van der Waals surface area contributed by atoms with Gasteiger partial charge in [0.1, 0.15) is 4.90 Å². The molecular formula is C10H15N3O3S. The standard InChI is InChI=1S/C10H15N3O3S/c1-6-4-3-5-8(11)9(6)17(15,16)13-7(2)10(12)14/h3-5,7,13H,11H2,1-2H3,(H2,12,14). The molecule has 0 aliphatic rings. The first kappa shape index (κ1) is 13.5. The molecule has 1 rings (SSSR count). The minimum Gasteiger partial charge on any atom is -0.398 e. The van der Waals surface area contributed by atoms with E-state index in [9.17, 15) is 13.2 Å². The van der Waals surface area contributed by atoms with Crippen LogP contribution in [0.3, 0.4) is 0 Å². The first-order chi connectivity index (χ1) is 7.75. The molecule has 17 heavy (non-hydrogen) atoms. The summed E-state index contributed by atoms with van der Waals surface area (Å²) in [5, 5.41) is 0. The first-order valence-corrected chi connectivity index (χ1v) is 6.40. The molecule has 0 bridgehead atoms. The molecule has 0 aliphatic carbocycles. The van der Waals surface area contributed by atoms with Crippen LogP contribution in [0.1, 0.15) is 12.5 Å². The second-order valence-electron chi connectivity index (χ2n) is 3.74. The molecule has 0 radical (unpaired) electrons. The van der Waals surface area contributed by atoms with Gasteiger partial charge in [0.2, 0.25) is 15.9 Å². The quantitative estimate of drug-likeness (QED) is 0.644. The molecule has 1 amide bonds. The third-order valence-corrected chi connectivity index (χ3v) is 4.03. The van der Waals surface area contributed by atoms with Crippen LogP contribution in [0, 0.1) is 6.92 Å². The molecule has 5 N–H and O–H groups in total. The Morgan fingerprint density at radius 3 is 2.47 bits per heavy atom. The van der Waals surface area contributed by atoms with Crippen LogP contribution in [0.5, 0.6) is 0 Å². The highest BCUT2D eigenvalue weighted by Crippen LogP contribution is 2.22. The number of carbonyl (C=O) groups is 1. The lowest BCUT2D eigenvalue weighted by molar-refractivity contribution is -0.119. The van der Waals surface area contributed by atoms with Gasteiger partial charge < -0.3 is 11.5 Å². The molecule has 0 heterocycles. The van der Waals surface area contributed by atoms with E-state index in [0.717, 1.165) is 0 Å². The number of hydrogen-bond acceptors (Lipinski definition) is 4. The Balaban J connectivity index is 3.19. The van der Waals surface area contributed by atoms with E-state index in [1.165, 1.54) is 13.0 Å². The zero-order valence-corrected chi connectivity index (χ0v) is 10.4. The zero-order valence-electron chi connectivity index (χ0n) is 9.60. The number of benzene rings is 1. The van der Waals surface area contributed by atoms with Gasteiger partial charge in [0.15, 0.2) is 0 Å². The van der Waals surface area contributed by atoms with Crippen molar-refractivity contribution in [1.82, 2.24) is 4.72 Å². The van der Waals surface area contributed by atoms with Crippen LogP contribution in [0.4, 0.5) is 5.69 Å². The van der Waals surface area contributed by atoms with Crippen LogP contribution in [-0.4, -0.2) is 20.4 Å². The van der Waals surface area contributed by atoms with E-state index in [2.05, 4.69) is 4.72 Å². The maximum Gasteiger partial charge on any atom is 0.243 e. The molecule has 1 atom stereocenters. The lowest BCUT2D eigenvalue weighted by Crippen LogP contribution is -2.42. The van der Waals surface area contributed by atoms with Crippen LogP contribution in [0.15, 0.2) is 23.1 Å². The molecule has 1 aromatic carbocycles. The number of rotatable bonds is 4. The van der Waals surface area contributed by atoms with Crippen LogP contribution in [-0.2, 0) is 14.8 Å². The normalized spacial score (nSPS) is 13.3. The van der Waals surface area contributed by atoms with Crippen LogP contribution in [0.25, 0.3) is 0 Å². The van der Waals surface area contributed by atoms with Gasteiger partial charge in [-0.05, 0) is 25.5 Å². The molecule has 1 unspecified atom stereocenters. The minimum absolute atomic E-state index is 0.0203. The number of anilines is 1.